The smallest absolute Gasteiger partial charge is 0.260 e. The number of benzene rings is 1. The number of amides is 1. The van der Waals surface area contributed by atoms with Crippen LogP contribution in [0, 0.1) is 0 Å². The molecule has 2 heterocycles. The van der Waals surface area contributed by atoms with Gasteiger partial charge >= 0.3 is 0 Å². The number of pyridine rings is 2. The Hall–Kier alpha value is -3.21. The Morgan fingerprint density at radius 2 is 1.87 bits per heavy atom. The molecule has 0 unspecified atom stereocenters. The molecular formula is C18H15N3O2. The lowest BCUT2D eigenvalue weighted by Crippen LogP contribution is -2.30. The SMILES string of the molecule is O=C(c1ccc(=O)[nH]c1)N(Cc1cccnc1)c1ccccc1. The van der Waals surface area contributed by atoms with E-state index in [0.29, 0.717) is 12.1 Å². The molecule has 0 saturated carbocycles. The summed E-state index contributed by atoms with van der Waals surface area (Å²) in [5.74, 6) is -0.184. The maximum atomic E-state index is 12.8. The van der Waals surface area contributed by atoms with Crippen LogP contribution in [0.3, 0.4) is 0 Å². The quantitative estimate of drug-likeness (QED) is 0.805. The third-order valence-corrected chi connectivity index (χ3v) is 3.41. The fraction of sp³-hybridized carbons (Fsp3) is 0.0556. The van der Waals surface area contributed by atoms with E-state index in [4.69, 9.17) is 0 Å². The van der Waals surface area contributed by atoms with Crippen LogP contribution in [0.1, 0.15) is 15.9 Å². The second-order valence-electron chi connectivity index (χ2n) is 5.03. The van der Waals surface area contributed by atoms with Gasteiger partial charge in [-0.15, -0.1) is 0 Å². The number of rotatable bonds is 4. The van der Waals surface area contributed by atoms with E-state index in [1.165, 1.54) is 18.3 Å². The first kappa shape index (κ1) is 14.7. The Labute approximate surface area is 133 Å². The van der Waals surface area contributed by atoms with E-state index in [1.807, 2.05) is 42.5 Å². The zero-order valence-corrected chi connectivity index (χ0v) is 12.3. The van der Waals surface area contributed by atoms with Crippen LogP contribution in [-0.4, -0.2) is 15.9 Å². The van der Waals surface area contributed by atoms with Crippen LogP contribution in [0.15, 0.2) is 78.0 Å². The molecule has 23 heavy (non-hydrogen) atoms. The summed E-state index contributed by atoms with van der Waals surface area (Å²) in [6.45, 7) is 0.399. The second-order valence-corrected chi connectivity index (χ2v) is 5.03. The third kappa shape index (κ3) is 3.52. The minimum atomic E-state index is -0.236. The molecule has 5 heteroatoms. The van der Waals surface area contributed by atoms with Crippen molar-refractivity contribution < 1.29 is 4.79 Å². The highest BCUT2D eigenvalue weighted by Gasteiger charge is 2.18. The lowest BCUT2D eigenvalue weighted by Gasteiger charge is -2.23. The minimum absolute atomic E-state index is 0.184. The van der Waals surface area contributed by atoms with Crippen molar-refractivity contribution in [2.75, 3.05) is 4.90 Å². The predicted molar refractivity (Wildman–Crippen MR) is 88.3 cm³/mol. The first-order valence-electron chi connectivity index (χ1n) is 7.18. The van der Waals surface area contributed by atoms with Crippen LogP contribution in [0.25, 0.3) is 0 Å². The number of para-hydroxylation sites is 1. The Kier molecular flexibility index (Phi) is 4.29. The summed E-state index contributed by atoms with van der Waals surface area (Å²) in [5.41, 5.74) is 1.90. The second kappa shape index (κ2) is 6.70. The molecule has 2 aromatic heterocycles. The number of nitrogens with one attached hydrogen (secondary N) is 1. The van der Waals surface area contributed by atoms with Gasteiger partial charge in [0.25, 0.3) is 5.91 Å². The van der Waals surface area contributed by atoms with Gasteiger partial charge in [-0.1, -0.05) is 24.3 Å². The molecule has 0 aliphatic heterocycles. The van der Waals surface area contributed by atoms with Crippen molar-refractivity contribution in [3.63, 3.8) is 0 Å². The number of nitrogens with zero attached hydrogens (tertiary/aromatic N) is 2. The van der Waals surface area contributed by atoms with Crippen molar-refractivity contribution in [3.8, 4) is 0 Å². The number of hydrogen-bond donors (Lipinski definition) is 1. The predicted octanol–water partition coefficient (Wildman–Crippen LogP) is 2.62. The number of aromatic amines is 1. The van der Waals surface area contributed by atoms with E-state index in [2.05, 4.69) is 9.97 Å². The maximum absolute atomic E-state index is 12.8. The molecule has 0 radical (unpaired) electrons. The van der Waals surface area contributed by atoms with Gasteiger partial charge in [0.2, 0.25) is 5.56 Å². The molecule has 3 aromatic rings. The molecular weight excluding hydrogens is 290 g/mol. The Balaban J connectivity index is 1.96. The summed E-state index contributed by atoms with van der Waals surface area (Å²) in [7, 11) is 0. The zero-order valence-electron chi connectivity index (χ0n) is 12.3. The van der Waals surface area contributed by atoms with Crippen LogP contribution in [0.5, 0.6) is 0 Å². The van der Waals surface area contributed by atoms with Crippen LogP contribution >= 0.6 is 0 Å². The molecule has 5 nitrogen and oxygen atoms in total. The normalized spacial score (nSPS) is 10.3. The van der Waals surface area contributed by atoms with E-state index < -0.39 is 0 Å². The standard InChI is InChI=1S/C18H15N3O2/c22-17-9-8-15(12-20-17)18(23)21(16-6-2-1-3-7-16)13-14-5-4-10-19-11-14/h1-12H,13H2,(H,20,22). The van der Waals surface area contributed by atoms with E-state index in [0.717, 1.165) is 11.3 Å². The first-order valence-corrected chi connectivity index (χ1v) is 7.18. The zero-order chi connectivity index (χ0) is 16.1. The summed E-state index contributed by atoms with van der Waals surface area (Å²) >= 11 is 0. The van der Waals surface area contributed by atoms with Gasteiger partial charge in [0.1, 0.15) is 0 Å². The fourth-order valence-corrected chi connectivity index (χ4v) is 2.26. The molecule has 1 aromatic carbocycles. The molecule has 0 spiro atoms. The van der Waals surface area contributed by atoms with Crippen LogP contribution < -0.4 is 10.5 Å². The number of carbonyl (C=O) groups excluding carboxylic acids is 1. The summed E-state index contributed by atoms with van der Waals surface area (Å²) in [5, 5.41) is 0. The molecule has 114 valence electrons. The molecule has 0 bridgehead atoms. The topological polar surface area (TPSA) is 66.1 Å². The van der Waals surface area contributed by atoms with Gasteiger partial charge in [-0.25, -0.2) is 0 Å². The number of aromatic nitrogens is 2. The Morgan fingerprint density at radius 1 is 1.04 bits per heavy atom. The number of carbonyl (C=O) groups is 1. The Morgan fingerprint density at radius 3 is 2.52 bits per heavy atom. The first-order chi connectivity index (χ1) is 11.2. The fourth-order valence-electron chi connectivity index (χ4n) is 2.26. The molecule has 0 atom stereocenters. The van der Waals surface area contributed by atoms with Gasteiger partial charge in [-0.2, -0.15) is 0 Å². The summed E-state index contributed by atoms with van der Waals surface area (Å²) in [6, 6.07) is 16.0. The summed E-state index contributed by atoms with van der Waals surface area (Å²) < 4.78 is 0. The molecule has 0 fully saturated rings. The monoisotopic (exact) mass is 305 g/mol. The van der Waals surface area contributed by atoms with Crippen molar-refractivity contribution in [1.82, 2.24) is 9.97 Å². The molecule has 0 aliphatic rings. The van der Waals surface area contributed by atoms with Crippen LogP contribution in [0.4, 0.5) is 5.69 Å². The summed E-state index contributed by atoms with van der Waals surface area (Å²) in [4.78, 5) is 32.3. The van der Waals surface area contributed by atoms with Crippen molar-refractivity contribution in [2.24, 2.45) is 0 Å². The van der Waals surface area contributed by atoms with Gasteiger partial charge in [0.15, 0.2) is 0 Å². The average Bonchev–Trinajstić information content (AvgIpc) is 2.61. The molecule has 1 N–H and O–H groups in total. The van der Waals surface area contributed by atoms with Gasteiger partial charge in [0, 0.05) is 30.3 Å². The molecule has 3 rings (SSSR count). The highest BCUT2D eigenvalue weighted by Crippen LogP contribution is 2.19. The van der Waals surface area contributed by atoms with Gasteiger partial charge in [-0.3, -0.25) is 14.6 Å². The molecule has 0 saturated heterocycles. The van der Waals surface area contributed by atoms with Crippen molar-refractivity contribution in [3.05, 3.63) is 94.7 Å². The van der Waals surface area contributed by atoms with E-state index >= 15 is 0 Å². The third-order valence-electron chi connectivity index (χ3n) is 3.41. The molecule has 1 amide bonds. The number of hydrogen-bond acceptors (Lipinski definition) is 3. The van der Waals surface area contributed by atoms with E-state index in [-0.39, 0.29) is 11.5 Å². The lowest BCUT2D eigenvalue weighted by molar-refractivity contribution is 0.0984. The molecule has 0 aliphatic carbocycles. The largest absolute Gasteiger partial charge is 0.328 e. The van der Waals surface area contributed by atoms with Gasteiger partial charge in [-0.05, 0) is 29.8 Å². The van der Waals surface area contributed by atoms with Crippen LogP contribution in [0.2, 0.25) is 0 Å². The minimum Gasteiger partial charge on any atom is -0.328 e. The maximum Gasteiger partial charge on any atom is 0.260 e. The number of anilines is 1. The van der Waals surface area contributed by atoms with Gasteiger partial charge < -0.3 is 9.88 Å². The highest BCUT2D eigenvalue weighted by molar-refractivity contribution is 6.05. The average molecular weight is 305 g/mol. The van der Waals surface area contributed by atoms with E-state index in [9.17, 15) is 9.59 Å². The van der Waals surface area contributed by atoms with Crippen molar-refractivity contribution in [2.45, 2.75) is 6.54 Å². The lowest BCUT2D eigenvalue weighted by atomic mass is 10.2. The van der Waals surface area contributed by atoms with Crippen LogP contribution in [-0.2, 0) is 6.54 Å². The highest BCUT2D eigenvalue weighted by atomic mass is 16.2. The van der Waals surface area contributed by atoms with Crippen molar-refractivity contribution >= 4 is 11.6 Å². The Bertz CT molecular complexity index is 824. The van der Waals surface area contributed by atoms with E-state index in [1.54, 1.807) is 17.3 Å². The van der Waals surface area contributed by atoms with Crippen molar-refractivity contribution in [1.29, 1.82) is 0 Å². The number of H-pyrrole nitrogens is 1. The van der Waals surface area contributed by atoms with Gasteiger partial charge in [0.05, 0.1) is 12.1 Å². The summed E-state index contributed by atoms with van der Waals surface area (Å²) in [6.07, 6.45) is 4.86.